The Morgan fingerprint density at radius 2 is 1.94 bits per heavy atom. The van der Waals surface area contributed by atoms with E-state index in [-0.39, 0.29) is 49.7 Å². The molecule has 0 spiro atoms. The maximum atomic E-state index is 13.7. The lowest BCUT2D eigenvalue weighted by molar-refractivity contribution is -0.139. The van der Waals surface area contributed by atoms with E-state index in [4.69, 9.17) is 9.84 Å². The molecule has 0 heterocycles. The van der Waals surface area contributed by atoms with Gasteiger partial charge < -0.3 is 25.2 Å². The number of hydrogen-bond acceptors (Lipinski definition) is 5. The average Bonchev–Trinajstić information content (AvgIpc) is 3.71. The first-order valence-electron chi connectivity index (χ1n) is 12.1. The van der Waals surface area contributed by atoms with Gasteiger partial charge in [0.2, 0.25) is 11.8 Å². The number of aliphatic hydroxyl groups excluding tert-OH is 2. The average molecular weight is 608 g/mol. The molecule has 2 aliphatic carbocycles. The summed E-state index contributed by atoms with van der Waals surface area (Å²) < 4.78 is 20.7. The smallest absolute Gasteiger partial charge is 0.247 e. The molecule has 2 aromatic carbocycles. The summed E-state index contributed by atoms with van der Waals surface area (Å²) >= 11 is 2.14. The Bertz CT molecular complexity index is 1120. The van der Waals surface area contributed by atoms with Crippen molar-refractivity contribution in [3.05, 3.63) is 75.1 Å². The molecule has 0 aliphatic heterocycles. The van der Waals surface area contributed by atoms with Gasteiger partial charge in [-0.25, -0.2) is 4.39 Å². The van der Waals surface area contributed by atoms with E-state index in [9.17, 15) is 19.1 Å². The van der Waals surface area contributed by atoms with Crippen molar-refractivity contribution >= 4 is 34.4 Å². The van der Waals surface area contributed by atoms with E-state index in [0.717, 1.165) is 22.0 Å². The summed E-state index contributed by atoms with van der Waals surface area (Å²) in [6.07, 6.45) is 1.80. The maximum absolute atomic E-state index is 13.7. The summed E-state index contributed by atoms with van der Waals surface area (Å²) in [6.45, 7) is 0.171. The number of aliphatic hydroxyl groups is 2. The van der Waals surface area contributed by atoms with Gasteiger partial charge in [-0.3, -0.25) is 9.59 Å². The lowest BCUT2D eigenvalue weighted by Crippen LogP contribution is -2.56. The summed E-state index contributed by atoms with van der Waals surface area (Å²) in [5.41, 5.74) is 1.13. The zero-order valence-electron chi connectivity index (χ0n) is 19.8. The van der Waals surface area contributed by atoms with Crippen LogP contribution in [-0.2, 0) is 16.0 Å². The molecule has 3 N–H and O–H groups in total. The second kappa shape index (κ2) is 12.2. The topological polar surface area (TPSA) is 99.1 Å². The molecule has 1 fully saturated rings. The van der Waals surface area contributed by atoms with E-state index >= 15 is 0 Å². The van der Waals surface area contributed by atoms with Gasteiger partial charge in [0.25, 0.3) is 0 Å². The van der Waals surface area contributed by atoms with Gasteiger partial charge in [-0.2, -0.15) is 0 Å². The molecule has 4 rings (SSSR count). The van der Waals surface area contributed by atoms with Crippen LogP contribution < -0.4 is 10.1 Å². The molecule has 0 saturated heterocycles. The fourth-order valence-electron chi connectivity index (χ4n) is 4.41. The van der Waals surface area contributed by atoms with E-state index in [1.165, 1.54) is 12.1 Å². The number of ether oxygens (including phenoxy) is 1. The summed E-state index contributed by atoms with van der Waals surface area (Å²) in [7, 11) is 0. The number of carbonyl (C=O) groups excluding carboxylic acids is 2. The number of rotatable bonds is 10. The first-order valence-corrected chi connectivity index (χ1v) is 13.2. The molecular formula is C27H30FIN2O5. The summed E-state index contributed by atoms with van der Waals surface area (Å²) in [5, 5.41) is 23.2. The van der Waals surface area contributed by atoms with Gasteiger partial charge in [0.15, 0.2) is 0 Å². The minimum Gasteiger partial charge on any atom is -0.482 e. The minimum absolute atomic E-state index is 0.0690. The van der Waals surface area contributed by atoms with E-state index in [1.54, 1.807) is 29.2 Å². The standard InChI is InChI=1S/C27H30FIN2O5/c28-20-5-3-4-17(14-20)10-12-31(27(35)18-8-9-18)22-15-19(26(34)30-11-13-32)16-24(25(22)33)36-23-7-2-1-6-21(23)29/h1-7,14,16,18,22,24-25,32-33H,8-13,15H2,(H,30,34)/t22-,24+,25+/m1/s1. The van der Waals surface area contributed by atoms with Crippen LogP contribution in [-0.4, -0.2) is 64.9 Å². The predicted octanol–water partition coefficient (Wildman–Crippen LogP) is 2.83. The highest BCUT2D eigenvalue weighted by Gasteiger charge is 2.43. The fourth-order valence-corrected chi connectivity index (χ4v) is 4.93. The quantitative estimate of drug-likeness (QED) is 0.361. The van der Waals surface area contributed by atoms with Gasteiger partial charge >= 0.3 is 0 Å². The fraction of sp³-hybridized carbons (Fsp3) is 0.407. The van der Waals surface area contributed by atoms with Crippen LogP contribution in [0.4, 0.5) is 4.39 Å². The summed E-state index contributed by atoms with van der Waals surface area (Å²) in [5.74, 6) is -0.325. The van der Waals surface area contributed by atoms with Crippen LogP contribution >= 0.6 is 22.6 Å². The van der Waals surface area contributed by atoms with Crippen molar-refractivity contribution in [2.45, 2.75) is 43.9 Å². The number of nitrogens with zero attached hydrogens (tertiary/aromatic N) is 1. The van der Waals surface area contributed by atoms with Crippen molar-refractivity contribution in [1.29, 1.82) is 0 Å². The lowest BCUT2D eigenvalue weighted by atomic mass is 9.87. The van der Waals surface area contributed by atoms with Gasteiger partial charge in [0, 0.05) is 31.0 Å². The highest BCUT2D eigenvalue weighted by Crippen LogP contribution is 2.35. The van der Waals surface area contributed by atoms with Crippen molar-refractivity contribution in [2.75, 3.05) is 19.7 Å². The van der Waals surface area contributed by atoms with Crippen LogP contribution in [0.5, 0.6) is 5.75 Å². The molecule has 3 atom stereocenters. The zero-order chi connectivity index (χ0) is 25.7. The molecule has 1 saturated carbocycles. The Morgan fingerprint density at radius 3 is 2.64 bits per heavy atom. The van der Waals surface area contributed by atoms with Gasteiger partial charge in [0.1, 0.15) is 23.8 Å². The van der Waals surface area contributed by atoms with E-state index < -0.39 is 18.2 Å². The number of halogens is 2. The highest BCUT2D eigenvalue weighted by molar-refractivity contribution is 14.1. The molecule has 0 aromatic heterocycles. The lowest BCUT2D eigenvalue weighted by Gasteiger charge is -2.40. The van der Waals surface area contributed by atoms with Gasteiger partial charge in [-0.1, -0.05) is 24.3 Å². The number of benzene rings is 2. The molecule has 0 unspecified atom stereocenters. The Morgan fingerprint density at radius 1 is 1.17 bits per heavy atom. The molecule has 0 bridgehead atoms. The largest absolute Gasteiger partial charge is 0.482 e. The second-order valence-corrected chi connectivity index (χ2v) is 10.3. The number of hydrogen-bond donors (Lipinski definition) is 3. The minimum atomic E-state index is -1.08. The molecule has 7 nitrogen and oxygen atoms in total. The third-order valence-electron chi connectivity index (χ3n) is 6.45. The number of carbonyl (C=O) groups is 2. The third kappa shape index (κ3) is 6.63. The van der Waals surface area contributed by atoms with Crippen LogP contribution in [0.1, 0.15) is 24.8 Å². The molecule has 2 aliphatic rings. The van der Waals surface area contributed by atoms with Crippen LogP contribution in [0.25, 0.3) is 0 Å². The zero-order valence-corrected chi connectivity index (χ0v) is 21.9. The van der Waals surface area contributed by atoms with Crippen molar-refractivity contribution in [3.63, 3.8) is 0 Å². The summed E-state index contributed by atoms with van der Waals surface area (Å²) in [6, 6.07) is 12.9. The Labute approximate surface area is 223 Å². The Hall–Kier alpha value is -2.50. The predicted molar refractivity (Wildman–Crippen MR) is 141 cm³/mol. The molecule has 36 heavy (non-hydrogen) atoms. The van der Waals surface area contributed by atoms with Gasteiger partial charge in [-0.05, 0) is 77.8 Å². The summed E-state index contributed by atoms with van der Waals surface area (Å²) in [4.78, 5) is 27.9. The third-order valence-corrected chi connectivity index (χ3v) is 7.35. The first kappa shape index (κ1) is 26.6. The van der Waals surface area contributed by atoms with E-state index in [1.807, 2.05) is 18.2 Å². The number of nitrogens with one attached hydrogen (secondary N) is 1. The molecule has 9 heteroatoms. The monoisotopic (exact) mass is 608 g/mol. The maximum Gasteiger partial charge on any atom is 0.247 e. The molecular weight excluding hydrogens is 578 g/mol. The Kier molecular flexibility index (Phi) is 8.97. The second-order valence-electron chi connectivity index (χ2n) is 9.13. The van der Waals surface area contributed by atoms with Crippen molar-refractivity contribution in [1.82, 2.24) is 10.2 Å². The van der Waals surface area contributed by atoms with Gasteiger partial charge in [-0.15, -0.1) is 0 Å². The van der Waals surface area contributed by atoms with E-state index in [0.29, 0.717) is 17.7 Å². The molecule has 2 aromatic rings. The first-order chi connectivity index (χ1) is 17.4. The van der Waals surface area contributed by atoms with Crippen molar-refractivity contribution < 1.29 is 28.9 Å². The van der Waals surface area contributed by atoms with Crippen LogP contribution in [0, 0.1) is 15.3 Å². The highest BCUT2D eigenvalue weighted by atomic mass is 127. The number of amides is 2. The Balaban J connectivity index is 1.62. The molecule has 2 amide bonds. The van der Waals surface area contributed by atoms with E-state index in [2.05, 4.69) is 27.9 Å². The van der Waals surface area contributed by atoms with Crippen molar-refractivity contribution in [2.24, 2.45) is 5.92 Å². The normalized spacial score (nSPS) is 21.4. The molecule has 192 valence electrons. The number of para-hydroxylation sites is 1. The van der Waals surface area contributed by atoms with Gasteiger partial charge in [0.05, 0.1) is 16.2 Å². The SMILES string of the molecule is O=C(NCCO)C1=C[C@H](Oc2ccccc2I)[C@@H](O)[C@H](N(CCc2cccc(F)c2)C(=O)C2CC2)C1. The molecule has 0 radical (unpaired) electrons. The van der Waals surface area contributed by atoms with Crippen LogP contribution in [0.3, 0.4) is 0 Å². The van der Waals surface area contributed by atoms with Crippen LogP contribution in [0.15, 0.2) is 60.2 Å². The van der Waals surface area contributed by atoms with Crippen molar-refractivity contribution in [3.8, 4) is 5.75 Å². The van der Waals surface area contributed by atoms with Crippen LogP contribution in [0.2, 0.25) is 0 Å².